The van der Waals surface area contributed by atoms with Crippen LogP contribution in [0.5, 0.6) is 0 Å². The summed E-state index contributed by atoms with van der Waals surface area (Å²) in [5.74, 6) is 0. The molecule has 0 saturated heterocycles. The molecule has 0 spiro atoms. The van der Waals surface area contributed by atoms with Gasteiger partial charge in [-0.25, -0.2) is 0 Å². The van der Waals surface area contributed by atoms with E-state index in [9.17, 15) is 0 Å². The van der Waals surface area contributed by atoms with Crippen LogP contribution in [0.3, 0.4) is 0 Å². The number of rotatable bonds is 7. The number of hydrogen-bond donors (Lipinski definition) is 1. The maximum atomic E-state index is 5.54. The Balaban J connectivity index is 3.17. The lowest BCUT2D eigenvalue weighted by Gasteiger charge is -2.17. The zero-order valence-corrected chi connectivity index (χ0v) is 8.55. The summed E-state index contributed by atoms with van der Waals surface area (Å²) >= 11 is 0. The van der Waals surface area contributed by atoms with E-state index in [0.29, 0.717) is 6.61 Å². The van der Waals surface area contributed by atoms with Gasteiger partial charge in [0.05, 0.1) is 13.2 Å². The number of likely N-dealkylation sites (N-methyl/N-ethyl adjacent to an activating group) is 1. The predicted molar refractivity (Wildman–Crippen MR) is 52.3 cm³/mol. The fourth-order valence-corrected chi connectivity index (χ4v) is 1.00. The molecule has 0 aromatic carbocycles. The molecular formula is C9H22N2O. The van der Waals surface area contributed by atoms with E-state index < -0.39 is 0 Å². The van der Waals surface area contributed by atoms with Crippen molar-refractivity contribution in [2.45, 2.75) is 26.8 Å². The highest BCUT2D eigenvalue weighted by atomic mass is 16.5. The van der Waals surface area contributed by atoms with Crippen molar-refractivity contribution in [2.24, 2.45) is 5.73 Å². The molecule has 0 aliphatic carbocycles. The van der Waals surface area contributed by atoms with Gasteiger partial charge in [-0.2, -0.15) is 0 Å². The second-order valence-corrected chi connectivity index (χ2v) is 3.08. The highest BCUT2D eigenvalue weighted by Gasteiger charge is 1.98. The van der Waals surface area contributed by atoms with Crippen molar-refractivity contribution in [1.29, 1.82) is 0 Å². The molecule has 0 aromatic rings. The highest BCUT2D eigenvalue weighted by molar-refractivity contribution is 4.52. The van der Waals surface area contributed by atoms with Crippen molar-refractivity contribution in [2.75, 3.05) is 32.8 Å². The molecule has 12 heavy (non-hydrogen) atoms. The Hall–Kier alpha value is -0.120. The quantitative estimate of drug-likeness (QED) is 0.577. The molecule has 0 amide bonds. The molecule has 0 saturated carbocycles. The summed E-state index contributed by atoms with van der Waals surface area (Å²) in [6.07, 6.45) is 0. The molecule has 3 heteroatoms. The van der Waals surface area contributed by atoms with Crippen molar-refractivity contribution in [1.82, 2.24) is 4.90 Å². The minimum Gasteiger partial charge on any atom is -0.379 e. The van der Waals surface area contributed by atoms with E-state index >= 15 is 0 Å². The van der Waals surface area contributed by atoms with E-state index in [1.165, 1.54) is 0 Å². The van der Waals surface area contributed by atoms with Gasteiger partial charge < -0.3 is 15.4 Å². The smallest absolute Gasteiger partial charge is 0.0615 e. The minimum absolute atomic E-state index is 0.154. The molecule has 0 aliphatic heterocycles. The summed E-state index contributed by atoms with van der Waals surface area (Å²) in [5, 5.41) is 0. The van der Waals surface area contributed by atoms with Gasteiger partial charge >= 0.3 is 0 Å². The molecule has 1 atom stereocenters. The fraction of sp³-hybridized carbons (Fsp3) is 1.00. The Labute approximate surface area is 75.9 Å². The van der Waals surface area contributed by atoms with E-state index in [-0.39, 0.29) is 6.04 Å². The van der Waals surface area contributed by atoms with E-state index in [4.69, 9.17) is 10.5 Å². The van der Waals surface area contributed by atoms with Gasteiger partial charge in [0.1, 0.15) is 0 Å². The fourth-order valence-electron chi connectivity index (χ4n) is 1.00. The number of nitrogens with two attached hydrogens (primary N) is 1. The van der Waals surface area contributed by atoms with Crippen LogP contribution >= 0.6 is 0 Å². The summed E-state index contributed by atoms with van der Waals surface area (Å²) in [7, 11) is 0. The third kappa shape index (κ3) is 6.58. The molecule has 0 rings (SSSR count). The number of ether oxygens (including phenoxy) is 1. The van der Waals surface area contributed by atoms with E-state index in [1.54, 1.807) is 0 Å². The van der Waals surface area contributed by atoms with Gasteiger partial charge in [0, 0.05) is 12.6 Å². The van der Waals surface area contributed by atoms with Gasteiger partial charge in [-0.15, -0.1) is 0 Å². The zero-order chi connectivity index (χ0) is 9.40. The molecule has 0 fully saturated rings. The monoisotopic (exact) mass is 174 g/mol. The zero-order valence-electron chi connectivity index (χ0n) is 8.55. The maximum Gasteiger partial charge on any atom is 0.0615 e. The van der Waals surface area contributed by atoms with Gasteiger partial charge in [-0.05, 0) is 20.0 Å². The summed E-state index contributed by atoms with van der Waals surface area (Å²) < 4.78 is 5.36. The average Bonchev–Trinajstić information content (AvgIpc) is 2.04. The first kappa shape index (κ1) is 11.9. The minimum atomic E-state index is 0.154. The van der Waals surface area contributed by atoms with Crippen LogP contribution in [0.25, 0.3) is 0 Å². The van der Waals surface area contributed by atoms with Crippen molar-refractivity contribution in [3.63, 3.8) is 0 Å². The third-order valence-corrected chi connectivity index (χ3v) is 1.83. The summed E-state index contributed by atoms with van der Waals surface area (Å²) in [4.78, 5) is 2.33. The van der Waals surface area contributed by atoms with E-state index in [0.717, 1.165) is 26.2 Å². The Bertz CT molecular complexity index is 92.5. The Kier molecular flexibility index (Phi) is 7.45. The van der Waals surface area contributed by atoms with Gasteiger partial charge in [0.25, 0.3) is 0 Å². The highest BCUT2D eigenvalue weighted by Crippen LogP contribution is 1.87. The Morgan fingerprint density at radius 1 is 1.33 bits per heavy atom. The van der Waals surface area contributed by atoms with Crippen molar-refractivity contribution in [3.8, 4) is 0 Å². The predicted octanol–water partition coefficient (Wildman–Crippen LogP) is 0.692. The average molecular weight is 174 g/mol. The van der Waals surface area contributed by atoms with Crippen molar-refractivity contribution in [3.05, 3.63) is 0 Å². The first-order chi connectivity index (χ1) is 5.70. The molecule has 0 radical (unpaired) electrons. The Morgan fingerprint density at radius 3 is 2.33 bits per heavy atom. The molecule has 0 aliphatic rings. The maximum absolute atomic E-state index is 5.54. The number of nitrogens with zero attached hydrogens (tertiary/aromatic N) is 1. The van der Waals surface area contributed by atoms with Crippen LogP contribution in [0.1, 0.15) is 20.8 Å². The molecule has 0 bridgehead atoms. The van der Waals surface area contributed by atoms with Crippen LogP contribution < -0.4 is 5.73 Å². The van der Waals surface area contributed by atoms with Crippen molar-refractivity contribution >= 4 is 0 Å². The molecular weight excluding hydrogens is 152 g/mol. The van der Waals surface area contributed by atoms with Crippen LogP contribution in [-0.2, 0) is 4.74 Å². The molecule has 74 valence electrons. The molecule has 3 nitrogen and oxygen atoms in total. The van der Waals surface area contributed by atoms with Crippen LogP contribution in [0.4, 0.5) is 0 Å². The summed E-state index contributed by atoms with van der Waals surface area (Å²) in [5.41, 5.74) is 5.54. The standard InChI is InChI=1S/C9H22N2O/c1-4-11(5-2)6-7-12-8-9(3)10/h9H,4-8,10H2,1-3H3. The third-order valence-electron chi connectivity index (χ3n) is 1.83. The topological polar surface area (TPSA) is 38.5 Å². The van der Waals surface area contributed by atoms with Crippen LogP contribution in [0.15, 0.2) is 0 Å². The molecule has 0 heterocycles. The van der Waals surface area contributed by atoms with Gasteiger partial charge in [-0.1, -0.05) is 13.8 Å². The second-order valence-electron chi connectivity index (χ2n) is 3.08. The van der Waals surface area contributed by atoms with Crippen molar-refractivity contribution < 1.29 is 4.74 Å². The largest absolute Gasteiger partial charge is 0.379 e. The second kappa shape index (κ2) is 7.53. The first-order valence-electron chi connectivity index (χ1n) is 4.76. The molecule has 1 unspecified atom stereocenters. The molecule has 2 N–H and O–H groups in total. The summed E-state index contributed by atoms with van der Waals surface area (Å²) in [6, 6.07) is 0.154. The lowest BCUT2D eigenvalue weighted by Crippen LogP contribution is -2.29. The summed E-state index contributed by atoms with van der Waals surface area (Å²) in [6.45, 7) is 10.9. The van der Waals surface area contributed by atoms with E-state index in [2.05, 4.69) is 18.7 Å². The van der Waals surface area contributed by atoms with Gasteiger partial charge in [0.2, 0.25) is 0 Å². The van der Waals surface area contributed by atoms with Crippen LogP contribution in [-0.4, -0.2) is 43.8 Å². The number of hydrogen-bond acceptors (Lipinski definition) is 3. The molecule has 0 aromatic heterocycles. The van der Waals surface area contributed by atoms with E-state index in [1.807, 2.05) is 6.92 Å². The Morgan fingerprint density at radius 2 is 1.92 bits per heavy atom. The SMILES string of the molecule is CCN(CC)CCOCC(C)N. The van der Waals surface area contributed by atoms with Gasteiger partial charge in [-0.3, -0.25) is 0 Å². The van der Waals surface area contributed by atoms with Gasteiger partial charge in [0.15, 0.2) is 0 Å². The first-order valence-corrected chi connectivity index (χ1v) is 4.76. The van der Waals surface area contributed by atoms with Crippen LogP contribution in [0.2, 0.25) is 0 Å². The normalized spacial score (nSPS) is 13.8. The lowest BCUT2D eigenvalue weighted by atomic mass is 10.4. The van der Waals surface area contributed by atoms with Crippen LogP contribution in [0, 0.1) is 0 Å². The lowest BCUT2D eigenvalue weighted by molar-refractivity contribution is 0.0996.